The molecule has 1 N–H and O–H groups in total. The summed E-state index contributed by atoms with van der Waals surface area (Å²) in [7, 11) is 1.71. The van der Waals surface area contributed by atoms with Gasteiger partial charge < -0.3 is 10.2 Å². The molecular weight excluding hydrogens is 176 g/mol. The summed E-state index contributed by atoms with van der Waals surface area (Å²) in [6, 6.07) is 0.0952. The molecule has 1 spiro atoms. The second-order valence-electron chi connectivity index (χ2n) is 4.75. The smallest absolute Gasteiger partial charge is 0.317 e. The van der Waals surface area contributed by atoms with Gasteiger partial charge >= 0.3 is 6.03 Å². The molecule has 0 unspecified atom stereocenters. The lowest BCUT2D eigenvalue weighted by Crippen LogP contribution is -2.45. The van der Waals surface area contributed by atoms with Crippen molar-refractivity contribution >= 4 is 6.03 Å². The quantitative estimate of drug-likeness (QED) is 0.631. The third-order valence-electron chi connectivity index (χ3n) is 3.99. The van der Waals surface area contributed by atoms with Crippen molar-refractivity contribution in [2.45, 2.75) is 38.5 Å². The van der Waals surface area contributed by atoms with E-state index in [9.17, 15) is 4.79 Å². The molecule has 2 amide bonds. The van der Waals surface area contributed by atoms with E-state index in [-0.39, 0.29) is 6.03 Å². The van der Waals surface area contributed by atoms with Crippen molar-refractivity contribution in [2.75, 3.05) is 20.1 Å². The van der Waals surface area contributed by atoms with Gasteiger partial charge in [-0.3, -0.25) is 0 Å². The molecule has 1 heterocycles. The first-order valence-corrected chi connectivity index (χ1v) is 5.72. The maximum atomic E-state index is 11.4. The molecule has 3 heteroatoms. The first-order valence-electron chi connectivity index (χ1n) is 5.72. The highest BCUT2D eigenvalue weighted by molar-refractivity contribution is 5.73. The van der Waals surface area contributed by atoms with Crippen LogP contribution in [0.3, 0.4) is 0 Å². The summed E-state index contributed by atoms with van der Waals surface area (Å²) in [4.78, 5) is 13.3. The van der Waals surface area contributed by atoms with Crippen molar-refractivity contribution in [1.29, 1.82) is 0 Å². The van der Waals surface area contributed by atoms with Crippen molar-refractivity contribution in [3.8, 4) is 0 Å². The van der Waals surface area contributed by atoms with Crippen LogP contribution in [0.1, 0.15) is 38.5 Å². The van der Waals surface area contributed by atoms with E-state index in [0.717, 1.165) is 13.1 Å². The molecule has 14 heavy (non-hydrogen) atoms. The highest BCUT2D eigenvalue weighted by Gasteiger charge is 2.37. The Hall–Kier alpha value is -0.730. The van der Waals surface area contributed by atoms with Crippen LogP contribution in [0.5, 0.6) is 0 Å². The average Bonchev–Trinajstić information content (AvgIpc) is 2.67. The van der Waals surface area contributed by atoms with E-state index >= 15 is 0 Å². The van der Waals surface area contributed by atoms with Gasteiger partial charge in [-0.15, -0.1) is 0 Å². The third-order valence-corrected chi connectivity index (χ3v) is 3.99. The summed E-state index contributed by atoms with van der Waals surface area (Å²) in [6.45, 7) is 1.92. The van der Waals surface area contributed by atoms with Crippen molar-refractivity contribution in [3.63, 3.8) is 0 Å². The summed E-state index contributed by atoms with van der Waals surface area (Å²) < 4.78 is 0. The summed E-state index contributed by atoms with van der Waals surface area (Å²) in [5.41, 5.74) is 0.616. The second kappa shape index (κ2) is 3.79. The number of hydrogen-bond acceptors (Lipinski definition) is 1. The van der Waals surface area contributed by atoms with Gasteiger partial charge in [-0.25, -0.2) is 4.79 Å². The predicted molar refractivity (Wildman–Crippen MR) is 56.2 cm³/mol. The number of piperidine rings is 1. The zero-order valence-electron chi connectivity index (χ0n) is 9.01. The molecular formula is C11H20N2O. The predicted octanol–water partition coefficient (Wildman–Crippen LogP) is 1.98. The van der Waals surface area contributed by atoms with Gasteiger partial charge in [0.1, 0.15) is 0 Å². The lowest BCUT2D eigenvalue weighted by Gasteiger charge is -2.39. The third kappa shape index (κ3) is 1.72. The fourth-order valence-corrected chi connectivity index (χ4v) is 2.97. The SMILES string of the molecule is CNC(=O)N1CCC2(CCCC2)CC1. The van der Waals surface area contributed by atoms with Gasteiger partial charge in [0, 0.05) is 20.1 Å². The summed E-state index contributed by atoms with van der Waals surface area (Å²) in [5, 5.41) is 2.70. The van der Waals surface area contributed by atoms with E-state index in [1.807, 2.05) is 4.90 Å². The van der Waals surface area contributed by atoms with Crippen LogP contribution in [0.2, 0.25) is 0 Å². The van der Waals surface area contributed by atoms with Crippen molar-refractivity contribution in [1.82, 2.24) is 10.2 Å². The topological polar surface area (TPSA) is 32.3 Å². The summed E-state index contributed by atoms with van der Waals surface area (Å²) in [5.74, 6) is 0. The maximum absolute atomic E-state index is 11.4. The molecule has 0 aromatic heterocycles. The number of likely N-dealkylation sites (tertiary alicyclic amines) is 1. The fraction of sp³-hybridized carbons (Fsp3) is 0.909. The van der Waals surface area contributed by atoms with Gasteiger partial charge in [-0.05, 0) is 31.1 Å². The molecule has 1 aliphatic carbocycles. The molecule has 0 radical (unpaired) electrons. The lowest BCUT2D eigenvalue weighted by atomic mass is 9.77. The number of nitrogens with zero attached hydrogens (tertiary/aromatic N) is 1. The second-order valence-corrected chi connectivity index (χ2v) is 4.75. The average molecular weight is 196 g/mol. The molecule has 2 fully saturated rings. The molecule has 0 aromatic carbocycles. The molecule has 2 rings (SSSR count). The minimum Gasteiger partial charge on any atom is -0.341 e. The van der Waals surface area contributed by atoms with Gasteiger partial charge in [0.05, 0.1) is 0 Å². The minimum atomic E-state index is 0.0952. The normalized spacial score (nSPS) is 25.4. The van der Waals surface area contributed by atoms with Gasteiger partial charge in [-0.1, -0.05) is 12.8 Å². The van der Waals surface area contributed by atoms with E-state index < -0.39 is 0 Å². The maximum Gasteiger partial charge on any atom is 0.317 e. The molecule has 0 aromatic rings. The van der Waals surface area contributed by atoms with Crippen molar-refractivity contribution in [3.05, 3.63) is 0 Å². The molecule has 1 saturated heterocycles. The Kier molecular flexibility index (Phi) is 2.66. The van der Waals surface area contributed by atoms with E-state index in [0.29, 0.717) is 5.41 Å². The van der Waals surface area contributed by atoms with Gasteiger partial charge in [-0.2, -0.15) is 0 Å². The standard InChI is InChI=1S/C11H20N2O/c1-12-10(14)13-8-6-11(7-9-13)4-2-3-5-11/h2-9H2,1H3,(H,12,14). The monoisotopic (exact) mass is 196 g/mol. The number of urea groups is 1. The van der Waals surface area contributed by atoms with Crippen LogP contribution in [-0.2, 0) is 0 Å². The molecule has 2 aliphatic rings. The zero-order chi connectivity index (χ0) is 10.0. The Bertz CT molecular complexity index is 211. The van der Waals surface area contributed by atoms with Crippen LogP contribution in [0.15, 0.2) is 0 Å². The van der Waals surface area contributed by atoms with Gasteiger partial charge in [0.25, 0.3) is 0 Å². The molecule has 1 saturated carbocycles. The Morgan fingerprint density at radius 3 is 2.21 bits per heavy atom. The zero-order valence-corrected chi connectivity index (χ0v) is 9.01. The first kappa shape index (κ1) is 9.81. The fourth-order valence-electron chi connectivity index (χ4n) is 2.97. The van der Waals surface area contributed by atoms with Gasteiger partial charge in [0.15, 0.2) is 0 Å². The molecule has 0 atom stereocenters. The molecule has 3 nitrogen and oxygen atoms in total. The highest BCUT2D eigenvalue weighted by Crippen LogP contribution is 2.45. The number of rotatable bonds is 0. The van der Waals surface area contributed by atoms with Crippen LogP contribution in [0.4, 0.5) is 4.79 Å². The lowest BCUT2D eigenvalue weighted by molar-refractivity contribution is 0.122. The number of carbonyl (C=O) groups excluding carboxylic acids is 1. The number of nitrogens with one attached hydrogen (secondary N) is 1. The van der Waals surface area contributed by atoms with Crippen molar-refractivity contribution in [2.24, 2.45) is 5.41 Å². The Morgan fingerprint density at radius 1 is 1.14 bits per heavy atom. The number of amides is 2. The molecule has 1 aliphatic heterocycles. The summed E-state index contributed by atoms with van der Waals surface area (Å²) in [6.07, 6.45) is 8.05. The Morgan fingerprint density at radius 2 is 1.71 bits per heavy atom. The minimum absolute atomic E-state index is 0.0952. The van der Waals surface area contributed by atoms with Crippen LogP contribution in [0.25, 0.3) is 0 Å². The molecule has 80 valence electrons. The van der Waals surface area contributed by atoms with Crippen LogP contribution >= 0.6 is 0 Å². The largest absolute Gasteiger partial charge is 0.341 e. The van der Waals surface area contributed by atoms with Crippen LogP contribution in [0, 0.1) is 5.41 Å². The Labute approximate surface area is 85.8 Å². The Balaban J connectivity index is 1.88. The van der Waals surface area contributed by atoms with Crippen LogP contribution in [-0.4, -0.2) is 31.1 Å². The van der Waals surface area contributed by atoms with Crippen molar-refractivity contribution < 1.29 is 4.79 Å². The van der Waals surface area contributed by atoms with E-state index in [4.69, 9.17) is 0 Å². The first-order chi connectivity index (χ1) is 6.76. The van der Waals surface area contributed by atoms with Gasteiger partial charge in [0.2, 0.25) is 0 Å². The van der Waals surface area contributed by atoms with Crippen LogP contribution < -0.4 is 5.32 Å². The highest BCUT2D eigenvalue weighted by atomic mass is 16.2. The number of carbonyl (C=O) groups is 1. The van der Waals surface area contributed by atoms with E-state index in [2.05, 4.69) is 5.32 Å². The number of hydrogen-bond donors (Lipinski definition) is 1. The molecule has 0 bridgehead atoms. The van der Waals surface area contributed by atoms with E-state index in [1.54, 1.807) is 7.05 Å². The summed E-state index contributed by atoms with van der Waals surface area (Å²) >= 11 is 0. The van der Waals surface area contributed by atoms with E-state index in [1.165, 1.54) is 38.5 Å².